The fourth-order valence-corrected chi connectivity index (χ4v) is 1.43. The van der Waals surface area contributed by atoms with Crippen LogP contribution in [0.15, 0.2) is 18.2 Å². The second-order valence-corrected chi connectivity index (χ2v) is 4.47. The number of ether oxygens (including phenoxy) is 1. The third kappa shape index (κ3) is 5.49. The van der Waals surface area contributed by atoms with Crippen LogP contribution >= 0.6 is 12.4 Å². The number of anilines is 1. The molecule has 0 aliphatic carbocycles. The highest BCUT2D eigenvalue weighted by atomic mass is 35.5. The Morgan fingerprint density at radius 3 is 2.74 bits per heavy atom. The van der Waals surface area contributed by atoms with Crippen molar-refractivity contribution in [2.24, 2.45) is 11.7 Å². The van der Waals surface area contributed by atoms with Gasteiger partial charge in [-0.3, -0.25) is 4.79 Å². The molecule has 1 atom stereocenters. The van der Waals surface area contributed by atoms with Gasteiger partial charge in [-0.2, -0.15) is 0 Å². The first-order chi connectivity index (χ1) is 8.58. The number of benzene rings is 1. The van der Waals surface area contributed by atoms with Crippen molar-refractivity contribution in [2.45, 2.75) is 27.2 Å². The first kappa shape index (κ1) is 17.7. The van der Waals surface area contributed by atoms with E-state index in [1.807, 2.05) is 32.0 Å². The Morgan fingerprint density at radius 1 is 1.47 bits per heavy atom. The summed E-state index contributed by atoms with van der Waals surface area (Å²) in [6, 6.07) is 5.74. The smallest absolute Gasteiger partial charge is 0.228 e. The number of rotatable bonds is 6. The van der Waals surface area contributed by atoms with E-state index >= 15 is 0 Å². The monoisotopic (exact) mass is 286 g/mol. The Labute approximate surface area is 121 Å². The van der Waals surface area contributed by atoms with Gasteiger partial charge in [0.25, 0.3) is 0 Å². The minimum Gasteiger partial charge on any atom is -0.491 e. The number of hydrogen-bond acceptors (Lipinski definition) is 3. The van der Waals surface area contributed by atoms with Crippen LogP contribution in [0.4, 0.5) is 5.69 Å². The lowest BCUT2D eigenvalue weighted by Crippen LogP contribution is -2.26. The second kappa shape index (κ2) is 8.77. The summed E-state index contributed by atoms with van der Waals surface area (Å²) >= 11 is 0. The molecule has 0 bridgehead atoms. The summed E-state index contributed by atoms with van der Waals surface area (Å²) < 4.78 is 5.64. The molecule has 0 spiro atoms. The number of aryl methyl sites for hydroxylation is 1. The van der Waals surface area contributed by atoms with Crippen molar-refractivity contribution in [2.75, 3.05) is 18.5 Å². The Bertz CT molecular complexity index is 410. The summed E-state index contributed by atoms with van der Waals surface area (Å²) in [7, 11) is 0. The number of carbonyl (C=O) groups excluding carboxylic acids is 1. The molecule has 108 valence electrons. The quantitative estimate of drug-likeness (QED) is 0.845. The molecule has 5 heteroatoms. The number of halogens is 1. The maximum atomic E-state index is 11.8. The first-order valence-electron chi connectivity index (χ1n) is 6.32. The highest BCUT2D eigenvalue weighted by molar-refractivity contribution is 5.93. The van der Waals surface area contributed by atoms with E-state index < -0.39 is 0 Å². The Morgan fingerprint density at radius 2 is 2.16 bits per heavy atom. The topological polar surface area (TPSA) is 64.3 Å². The SMILES string of the molecule is CCCOc1cc(C)ccc1NC(=O)C(C)CN.Cl. The molecule has 0 aromatic heterocycles. The summed E-state index contributed by atoms with van der Waals surface area (Å²) in [5.74, 6) is 0.433. The van der Waals surface area contributed by atoms with Crippen molar-refractivity contribution in [3.63, 3.8) is 0 Å². The maximum Gasteiger partial charge on any atom is 0.228 e. The van der Waals surface area contributed by atoms with Gasteiger partial charge in [-0.05, 0) is 31.0 Å². The summed E-state index contributed by atoms with van der Waals surface area (Å²) in [4.78, 5) is 11.8. The highest BCUT2D eigenvalue weighted by Gasteiger charge is 2.13. The van der Waals surface area contributed by atoms with Gasteiger partial charge in [0.2, 0.25) is 5.91 Å². The average molecular weight is 287 g/mol. The molecular weight excluding hydrogens is 264 g/mol. The van der Waals surface area contributed by atoms with E-state index in [9.17, 15) is 4.79 Å². The van der Waals surface area contributed by atoms with Gasteiger partial charge in [-0.15, -0.1) is 12.4 Å². The summed E-state index contributed by atoms with van der Waals surface area (Å²) in [5, 5.41) is 2.85. The summed E-state index contributed by atoms with van der Waals surface area (Å²) in [6.45, 7) is 6.81. The van der Waals surface area contributed by atoms with Crippen LogP contribution in [0.3, 0.4) is 0 Å². The van der Waals surface area contributed by atoms with E-state index in [1.54, 1.807) is 6.92 Å². The minimum atomic E-state index is -0.203. The van der Waals surface area contributed by atoms with Crippen LogP contribution in [0.2, 0.25) is 0 Å². The molecule has 0 saturated heterocycles. The molecule has 0 heterocycles. The Kier molecular flexibility index (Phi) is 8.19. The number of carbonyl (C=O) groups is 1. The largest absolute Gasteiger partial charge is 0.491 e. The van der Waals surface area contributed by atoms with Crippen LogP contribution in [-0.4, -0.2) is 19.1 Å². The molecular formula is C14H23ClN2O2. The second-order valence-electron chi connectivity index (χ2n) is 4.47. The van der Waals surface area contributed by atoms with Crippen molar-refractivity contribution in [3.05, 3.63) is 23.8 Å². The standard InChI is InChI=1S/C14H22N2O2.ClH/c1-4-7-18-13-8-10(2)5-6-12(13)16-14(17)11(3)9-15;/h5-6,8,11H,4,7,9,15H2,1-3H3,(H,16,17);1H. The Hall–Kier alpha value is -1.26. The molecule has 1 aromatic carbocycles. The van der Waals surface area contributed by atoms with Crippen molar-refractivity contribution in [3.8, 4) is 5.75 Å². The zero-order valence-electron chi connectivity index (χ0n) is 11.7. The lowest BCUT2D eigenvalue weighted by molar-refractivity contribution is -0.119. The number of nitrogens with one attached hydrogen (secondary N) is 1. The minimum absolute atomic E-state index is 0. The molecule has 0 saturated carbocycles. The van der Waals surface area contributed by atoms with E-state index in [2.05, 4.69) is 5.32 Å². The van der Waals surface area contributed by atoms with Crippen LogP contribution in [0.25, 0.3) is 0 Å². The van der Waals surface area contributed by atoms with E-state index in [1.165, 1.54) is 0 Å². The van der Waals surface area contributed by atoms with Crippen LogP contribution in [0, 0.1) is 12.8 Å². The fourth-order valence-electron chi connectivity index (χ4n) is 1.43. The first-order valence-corrected chi connectivity index (χ1v) is 6.32. The van der Waals surface area contributed by atoms with E-state index in [4.69, 9.17) is 10.5 Å². The molecule has 0 aliphatic rings. The molecule has 1 rings (SSSR count). The zero-order chi connectivity index (χ0) is 13.5. The third-order valence-electron chi connectivity index (χ3n) is 2.66. The van der Waals surface area contributed by atoms with Crippen molar-refractivity contribution >= 4 is 24.0 Å². The van der Waals surface area contributed by atoms with Crippen molar-refractivity contribution in [1.82, 2.24) is 0 Å². The maximum absolute atomic E-state index is 11.8. The molecule has 19 heavy (non-hydrogen) atoms. The third-order valence-corrected chi connectivity index (χ3v) is 2.66. The van der Waals surface area contributed by atoms with E-state index in [-0.39, 0.29) is 24.2 Å². The lowest BCUT2D eigenvalue weighted by atomic mass is 10.1. The average Bonchev–Trinajstić information content (AvgIpc) is 2.37. The van der Waals surface area contributed by atoms with Crippen LogP contribution in [-0.2, 0) is 4.79 Å². The Balaban J connectivity index is 0.00000324. The van der Waals surface area contributed by atoms with E-state index in [0.29, 0.717) is 18.8 Å². The van der Waals surface area contributed by atoms with Gasteiger partial charge in [0.05, 0.1) is 12.3 Å². The number of nitrogens with two attached hydrogens (primary N) is 1. The van der Waals surface area contributed by atoms with E-state index in [0.717, 1.165) is 17.7 Å². The predicted molar refractivity (Wildman–Crippen MR) is 81.1 cm³/mol. The molecule has 1 aromatic rings. The lowest BCUT2D eigenvalue weighted by Gasteiger charge is -2.15. The fraction of sp³-hybridized carbons (Fsp3) is 0.500. The normalized spacial score (nSPS) is 11.4. The van der Waals surface area contributed by atoms with Gasteiger partial charge in [-0.1, -0.05) is 19.9 Å². The molecule has 0 radical (unpaired) electrons. The van der Waals surface area contributed by atoms with Gasteiger partial charge < -0.3 is 15.8 Å². The number of hydrogen-bond donors (Lipinski definition) is 2. The van der Waals surface area contributed by atoms with Crippen LogP contribution < -0.4 is 15.8 Å². The zero-order valence-corrected chi connectivity index (χ0v) is 12.5. The van der Waals surface area contributed by atoms with Gasteiger partial charge in [0.15, 0.2) is 0 Å². The van der Waals surface area contributed by atoms with Gasteiger partial charge in [-0.25, -0.2) is 0 Å². The molecule has 4 nitrogen and oxygen atoms in total. The van der Waals surface area contributed by atoms with Gasteiger partial charge in [0, 0.05) is 12.5 Å². The molecule has 3 N–H and O–H groups in total. The van der Waals surface area contributed by atoms with Gasteiger partial charge >= 0.3 is 0 Å². The van der Waals surface area contributed by atoms with Crippen LogP contribution in [0.1, 0.15) is 25.8 Å². The predicted octanol–water partition coefficient (Wildman–Crippen LogP) is 2.74. The van der Waals surface area contributed by atoms with Crippen molar-refractivity contribution < 1.29 is 9.53 Å². The highest BCUT2D eigenvalue weighted by Crippen LogP contribution is 2.26. The molecule has 0 fully saturated rings. The molecule has 0 aliphatic heterocycles. The van der Waals surface area contributed by atoms with Gasteiger partial charge in [0.1, 0.15) is 5.75 Å². The summed E-state index contributed by atoms with van der Waals surface area (Å²) in [6.07, 6.45) is 0.931. The summed E-state index contributed by atoms with van der Waals surface area (Å²) in [5.41, 5.74) is 7.29. The number of amides is 1. The van der Waals surface area contributed by atoms with Crippen molar-refractivity contribution in [1.29, 1.82) is 0 Å². The molecule has 1 unspecified atom stereocenters. The molecule has 1 amide bonds. The van der Waals surface area contributed by atoms with Crippen LogP contribution in [0.5, 0.6) is 5.75 Å².